The molecule has 0 aromatic carbocycles. The quantitative estimate of drug-likeness (QED) is 0.840. The molecule has 0 atom stereocenters. The van der Waals surface area contributed by atoms with Gasteiger partial charge in [-0.25, -0.2) is 0 Å². The SMILES string of the molecule is Cc1cncc(NC(=O)CCNC(C)(C)C)c1. The molecule has 2 N–H and O–H groups in total. The van der Waals surface area contributed by atoms with Gasteiger partial charge in [-0.1, -0.05) is 0 Å². The van der Waals surface area contributed by atoms with Gasteiger partial charge in [-0.3, -0.25) is 9.78 Å². The van der Waals surface area contributed by atoms with Gasteiger partial charge in [-0.15, -0.1) is 0 Å². The summed E-state index contributed by atoms with van der Waals surface area (Å²) >= 11 is 0. The van der Waals surface area contributed by atoms with Crippen LogP contribution in [0.25, 0.3) is 0 Å². The molecule has 17 heavy (non-hydrogen) atoms. The first-order valence-electron chi connectivity index (χ1n) is 5.83. The molecular weight excluding hydrogens is 214 g/mol. The molecule has 0 spiro atoms. The van der Waals surface area contributed by atoms with E-state index in [2.05, 4.69) is 36.4 Å². The van der Waals surface area contributed by atoms with Crippen LogP contribution < -0.4 is 10.6 Å². The fraction of sp³-hybridized carbons (Fsp3) is 0.538. The number of aromatic nitrogens is 1. The Kier molecular flexibility index (Phi) is 4.63. The van der Waals surface area contributed by atoms with Gasteiger partial charge in [0.25, 0.3) is 0 Å². The molecule has 0 unspecified atom stereocenters. The van der Waals surface area contributed by atoms with Gasteiger partial charge in [-0.05, 0) is 39.3 Å². The van der Waals surface area contributed by atoms with Crippen LogP contribution >= 0.6 is 0 Å². The summed E-state index contributed by atoms with van der Waals surface area (Å²) in [7, 11) is 0. The average molecular weight is 235 g/mol. The highest BCUT2D eigenvalue weighted by Crippen LogP contribution is 2.07. The van der Waals surface area contributed by atoms with Gasteiger partial charge < -0.3 is 10.6 Å². The normalized spacial score (nSPS) is 11.3. The highest BCUT2D eigenvalue weighted by Gasteiger charge is 2.09. The molecule has 0 aliphatic heterocycles. The van der Waals surface area contributed by atoms with Crippen molar-refractivity contribution in [2.75, 3.05) is 11.9 Å². The summed E-state index contributed by atoms with van der Waals surface area (Å²) < 4.78 is 0. The number of hydrogen-bond donors (Lipinski definition) is 2. The van der Waals surface area contributed by atoms with Gasteiger partial charge in [0.05, 0.1) is 11.9 Å². The molecule has 0 fully saturated rings. The Bertz CT molecular complexity index is 382. The minimum absolute atomic E-state index is 0.00847. The lowest BCUT2D eigenvalue weighted by atomic mass is 10.1. The number of carbonyl (C=O) groups is 1. The molecule has 4 nitrogen and oxygen atoms in total. The molecule has 0 aliphatic rings. The second-order valence-electron chi connectivity index (χ2n) is 5.23. The van der Waals surface area contributed by atoms with Crippen molar-refractivity contribution >= 4 is 11.6 Å². The number of amides is 1. The zero-order valence-electron chi connectivity index (χ0n) is 11.0. The van der Waals surface area contributed by atoms with E-state index in [0.29, 0.717) is 13.0 Å². The summed E-state index contributed by atoms with van der Waals surface area (Å²) in [5.41, 5.74) is 1.84. The van der Waals surface area contributed by atoms with Gasteiger partial charge in [0, 0.05) is 24.7 Å². The number of anilines is 1. The summed E-state index contributed by atoms with van der Waals surface area (Å²) in [4.78, 5) is 15.7. The zero-order valence-corrected chi connectivity index (χ0v) is 11.0. The number of nitrogens with one attached hydrogen (secondary N) is 2. The molecule has 1 amide bonds. The standard InChI is InChI=1S/C13H21N3O/c1-10-7-11(9-14-8-10)16-12(17)5-6-15-13(2,3)4/h7-9,15H,5-6H2,1-4H3,(H,16,17). The molecule has 0 saturated carbocycles. The maximum Gasteiger partial charge on any atom is 0.225 e. The van der Waals surface area contributed by atoms with Crippen molar-refractivity contribution in [3.8, 4) is 0 Å². The van der Waals surface area contributed by atoms with Crippen LogP contribution in [-0.4, -0.2) is 23.0 Å². The predicted octanol–water partition coefficient (Wildman–Crippen LogP) is 2.11. The fourth-order valence-electron chi connectivity index (χ4n) is 1.40. The Morgan fingerprint density at radius 3 is 2.65 bits per heavy atom. The number of hydrogen-bond acceptors (Lipinski definition) is 3. The van der Waals surface area contributed by atoms with E-state index in [-0.39, 0.29) is 11.4 Å². The lowest BCUT2D eigenvalue weighted by Gasteiger charge is -2.20. The second kappa shape index (κ2) is 5.77. The lowest BCUT2D eigenvalue weighted by molar-refractivity contribution is -0.116. The van der Waals surface area contributed by atoms with Crippen LogP contribution in [0.3, 0.4) is 0 Å². The molecular formula is C13H21N3O. The highest BCUT2D eigenvalue weighted by molar-refractivity contribution is 5.90. The molecule has 1 heterocycles. The Morgan fingerprint density at radius 2 is 2.06 bits per heavy atom. The minimum Gasteiger partial charge on any atom is -0.325 e. The first-order chi connectivity index (χ1) is 7.87. The Labute approximate surface area is 103 Å². The van der Waals surface area contributed by atoms with Crippen molar-refractivity contribution in [2.45, 2.75) is 39.7 Å². The van der Waals surface area contributed by atoms with Crippen LogP contribution in [0.15, 0.2) is 18.5 Å². The summed E-state index contributed by atoms with van der Waals surface area (Å²) in [6, 6.07) is 1.90. The van der Waals surface area contributed by atoms with E-state index in [4.69, 9.17) is 0 Å². The van der Waals surface area contributed by atoms with Gasteiger partial charge in [0.15, 0.2) is 0 Å². The summed E-state index contributed by atoms with van der Waals surface area (Å²) in [5.74, 6) is 0.00847. The number of aryl methyl sites for hydroxylation is 1. The number of pyridine rings is 1. The van der Waals surface area contributed by atoms with E-state index >= 15 is 0 Å². The third kappa shape index (κ3) is 6.02. The Morgan fingerprint density at radius 1 is 1.35 bits per heavy atom. The first kappa shape index (κ1) is 13.6. The Hall–Kier alpha value is -1.42. The third-order valence-electron chi connectivity index (χ3n) is 2.17. The molecule has 1 rings (SSSR count). The van der Waals surface area contributed by atoms with E-state index in [1.807, 2.05) is 13.0 Å². The Balaban J connectivity index is 2.35. The van der Waals surface area contributed by atoms with Crippen LogP contribution in [0.4, 0.5) is 5.69 Å². The smallest absolute Gasteiger partial charge is 0.225 e. The van der Waals surface area contributed by atoms with Crippen LogP contribution in [-0.2, 0) is 4.79 Å². The van der Waals surface area contributed by atoms with Gasteiger partial charge in [0.2, 0.25) is 5.91 Å². The monoisotopic (exact) mass is 235 g/mol. The van der Waals surface area contributed by atoms with Crippen molar-refractivity contribution < 1.29 is 4.79 Å². The second-order valence-corrected chi connectivity index (χ2v) is 5.23. The van der Waals surface area contributed by atoms with E-state index in [1.165, 1.54) is 0 Å². The van der Waals surface area contributed by atoms with Crippen molar-refractivity contribution in [1.29, 1.82) is 0 Å². The van der Waals surface area contributed by atoms with Crippen molar-refractivity contribution in [1.82, 2.24) is 10.3 Å². The average Bonchev–Trinajstić information content (AvgIpc) is 2.15. The molecule has 0 aliphatic carbocycles. The van der Waals surface area contributed by atoms with Gasteiger partial charge >= 0.3 is 0 Å². The van der Waals surface area contributed by atoms with E-state index < -0.39 is 0 Å². The summed E-state index contributed by atoms with van der Waals surface area (Å²) in [5, 5.41) is 6.10. The number of carbonyl (C=O) groups excluding carboxylic acids is 1. The summed E-state index contributed by atoms with van der Waals surface area (Å²) in [6.45, 7) is 8.86. The van der Waals surface area contributed by atoms with Crippen LogP contribution in [0.5, 0.6) is 0 Å². The van der Waals surface area contributed by atoms with Gasteiger partial charge in [-0.2, -0.15) is 0 Å². The van der Waals surface area contributed by atoms with Crippen LogP contribution in [0.2, 0.25) is 0 Å². The molecule has 4 heteroatoms. The van der Waals surface area contributed by atoms with Crippen molar-refractivity contribution in [3.63, 3.8) is 0 Å². The topological polar surface area (TPSA) is 54.0 Å². The van der Waals surface area contributed by atoms with Crippen LogP contribution in [0, 0.1) is 6.92 Å². The number of nitrogens with zero attached hydrogens (tertiary/aromatic N) is 1. The van der Waals surface area contributed by atoms with Crippen LogP contribution in [0.1, 0.15) is 32.8 Å². The minimum atomic E-state index is 0.00847. The van der Waals surface area contributed by atoms with E-state index in [0.717, 1.165) is 11.3 Å². The highest BCUT2D eigenvalue weighted by atomic mass is 16.1. The zero-order chi connectivity index (χ0) is 12.9. The third-order valence-corrected chi connectivity index (χ3v) is 2.17. The first-order valence-corrected chi connectivity index (χ1v) is 5.83. The van der Waals surface area contributed by atoms with E-state index in [9.17, 15) is 4.79 Å². The maximum atomic E-state index is 11.6. The predicted molar refractivity (Wildman–Crippen MR) is 70.0 cm³/mol. The summed E-state index contributed by atoms with van der Waals surface area (Å²) in [6.07, 6.45) is 3.88. The fourth-order valence-corrected chi connectivity index (χ4v) is 1.40. The van der Waals surface area contributed by atoms with Gasteiger partial charge in [0.1, 0.15) is 0 Å². The van der Waals surface area contributed by atoms with E-state index in [1.54, 1.807) is 12.4 Å². The molecule has 0 saturated heterocycles. The maximum absolute atomic E-state index is 11.6. The number of rotatable bonds is 4. The molecule has 94 valence electrons. The molecule has 1 aromatic heterocycles. The van der Waals surface area contributed by atoms with Crippen molar-refractivity contribution in [3.05, 3.63) is 24.0 Å². The van der Waals surface area contributed by atoms with Crippen molar-refractivity contribution in [2.24, 2.45) is 0 Å². The lowest BCUT2D eigenvalue weighted by Crippen LogP contribution is -2.37. The molecule has 0 bridgehead atoms. The largest absolute Gasteiger partial charge is 0.325 e. The molecule has 1 aromatic rings. The molecule has 0 radical (unpaired) electrons.